The third-order valence-electron chi connectivity index (χ3n) is 5.25. The third kappa shape index (κ3) is 3.54. The van der Waals surface area contributed by atoms with Gasteiger partial charge in [-0.1, -0.05) is 25.5 Å². The number of rotatable bonds is 8. The van der Waals surface area contributed by atoms with E-state index in [1.807, 2.05) is 12.2 Å². The minimum atomic E-state index is -0.910. The number of hydrogen-bond donors (Lipinski definition) is 2. The number of carboxylic acid groups (broad SMARTS) is 1. The lowest BCUT2D eigenvalue weighted by Gasteiger charge is -2.24. The van der Waals surface area contributed by atoms with Crippen LogP contribution in [0.25, 0.3) is 0 Å². The van der Waals surface area contributed by atoms with Crippen LogP contribution in [0.5, 0.6) is 11.5 Å². The molecule has 0 radical (unpaired) electrons. The Morgan fingerprint density at radius 2 is 1.96 bits per heavy atom. The zero-order valence-electron chi connectivity index (χ0n) is 15.1. The highest BCUT2D eigenvalue weighted by molar-refractivity contribution is 5.97. The number of hydrogen-bond acceptors (Lipinski definition) is 4. The van der Waals surface area contributed by atoms with Gasteiger partial charge >= 0.3 is 5.97 Å². The van der Waals surface area contributed by atoms with Gasteiger partial charge < -0.3 is 19.9 Å². The van der Waals surface area contributed by atoms with Crippen LogP contribution < -0.4 is 14.8 Å². The van der Waals surface area contributed by atoms with E-state index < -0.39 is 17.8 Å². The minimum absolute atomic E-state index is 0.0174. The molecule has 2 aliphatic carbocycles. The Morgan fingerprint density at radius 1 is 1.23 bits per heavy atom. The molecule has 4 atom stereocenters. The number of ether oxygens (including phenoxy) is 2. The molecule has 1 aromatic rings. The smallest absolute Gasteiger partial charge is 0.307 e. The largest absolute Gasteiger partial charge is 0.497 e. The zero-order chi connectivity index (χ0) is 18.7. The number of anilines is 1. The fourth-order valence-corrected chi connectivity index (χ4v) is 3.92. The summed E-state index contributed by atoms with van der Waals surface area (Å²) in [6.07, 6.45) is 6.55. The minimum Gasteiger partial charge on any atom is -0.497 e. The molecule has 1 saturated carbocycles. The van der Waals surface area contributed by atoms with Gasteiger partial charge in [0.25, 0.3) is 0 Å². The second-order valence-corrected chi connectivity index (χ2v) is 6.89. The number of allylic oxidation sites excluding steroid dienone is 2. The van der Waals surface area contributed by atoms with Crippen molar-refractivity contribution in [3.8, 4) is 11.5 Å². The van der Waals surface area contributed by atoms with Crippen LogP contribution in [0.2, 0.25) is 0 Å². The van der Waals surface area contributed by atoms with Crippen molar-refractivity contribution in [2.75, 3.05) is 19.0 Å². The normalized spacial score (nSPS) is 25.9. The maximum absolute atomic E-state index is 12.9. The quantitative estimate of drug-likeness (QED) is 0.549. The highest BCUT2D eigenvalue weighted by atomic mass is 16.5. The lowest BCUT2D eigenvalue weighted by atomic mass is 9.82. The molecule has 0 aromatic heterocycles. The van der Waals surface area contributed by atoms with Gasteiger partial charge in [-0.3, -0.25) is 9.59 Å². The van der Waals surface area contributed by atoms with E-state index in [-0.39, 0.29) is 17.7 Å². The van der Waals surface area contributed by atoms with E-state index in [0.717, 1.165) is 19.3 Å². The molecule has 1 fully saturated rings. The summed E-state index contributed by atoms with van der Waals surface area (Å²) >= 11 is 0. The number of nitrogens with one attached hydrogen (secondary N) is 1. The molecule has 3 rings (SSSR count). The first-order valence-corrected chi connectivity index (χ1v) is 9.08. The van der Waals surface area contributed by atoms with Crippen LogP contribution in [0.3, 0.4) is 0 Å². The molecule has 1 amide bonds. The standard InChI is InChI=1S/C20H25NO5/c1-3-4-9-26-16-8-7-14(25-2)11-15(16)21-19(22)17-12-5-6-13(10-12)18(17)20(23)24/h5-8,11-13,17-18H,3-4,9-10H2,1-2H3,(H,21,22)(H,23,24)/t12-,13-,17+,18-/m0/s1. The fraction of sp³-hybridized carbons (Fsp3) is 0.500. The Labute approximate surface area is 153 Å². The maximum atomic E-state index is 12.9. The topological polar surface area (TPSA) is 84.9 Å². The van der Waals surface area contributed by atoms with Gasteiger partial charge in [0, 0.05) is 6.07 Å². The molecule has 140 valence electrons. The van der Waals surface area contributed by atoms with Crippen molar-refractivity contribution < 1.29 is 24.2 Å². The SMILES string of the molecule is CCCCOc1ccc(OC)cc1NC(=O)[C@H]1[C@@H](C(=O)O)[C@H]2C=C[C@H]1C2. The number of carboxylic acids is 1. The molecule has 6 heteroatoms. The summed E-state index contributed by atoms with van der Waals surface area (Å²) in [7, 11) is 1.56. The van der Waals surface area contributed by atoms with Crippen LogP contribution in [0.4, 0.5) is 5.69 Å². The number of carbonyl (C=O) groups excluding carboxylic acids is 1. The van der Waals surface area contributed by atoms with E-state index in [4.69, 9.17) is 9.47 Å². The van der Waals surface area contributed by atoms with Crippen LogP contribution >= 0.6 is 0 Å². The number of fused-ring (bicyclic) bond motifs is 2. The number of amides is 1. The molecule has 0 spiro atoms. The molecular formula is C20H25NO5. The van der Waals surface area contributed by atoms with E-state index in [2.05, 4.69) is 12.2 Å². The molecule has 6 nitrogen and oxygen atoms in total. The highest BCUT2D eigenvalue weighted by Gasteiger charge is 2.51. The van der Waals surface area contributed by atoms with Gasteiger partial charge in [0.1, 0.15) is 11.5 Å². The van der Waals surface area contributed by atoms with Crippen LogP contribution in [0.15, 0.2) is 30.4 Å². The maximum Gasteiger partial charge on any atom is 0.307 e. The van der Waals surface area contributed by atoms with Crippen molar-refractivity contribution in [2.24, 2.45) is 23.7 Å². The number of unbranched alkanes of at least 4 members (excludes halogenated alkanes) is 1. The van der Waals surface area contributed by atoms with Crippen molar-refractivity contribution in [1.82, 2.24) is 0 Å². The second kappa shape index (κ2) is 7.81. The van der Waals surface area contributed by atoms with Crippen molar-refractivity contribution >= 4 is 17.6 Å². The van der Waals surface area contributed by atoms with Gasteiger partial charge in [-0.2, -0.15) is 0 Å². The summed E-state index contributed by atoms with van der Waals surface area (Å²) in [6, 6.07) is 5.24. The summed E-state index contributed by atoms with van der Waals surface area (Å²) in [5.41, 5.74) is 0.515. The summed E-state index contributed by atoms with van der Waals surface area (Å²) in [5.74, 6) is -1.31. The Balaban J connectivity index is 1.79. The Bertz CT molecular complexity index is 714. The molecule has 2 N–H and O–H groups in total. The van der Waals surface area contributed by atoms with Gasteiger partial charge in [-0.05, 0) is 36.8 Å². The van der Waals surface area contributed by atoms with Gasteiger partial charge in [-0.15, -0.1) is 0 Å². The summed E-state index contributed by atoms with van der Waals surface area (Å²) < 4.78 is 11.0. The Hall–Kier alpha value is -2.50. The van der Waals surface area contributed by atoms with Gasteiger partial charge in [0.2, 0.25) is 5.91 Å². The van der Waals surface area contributed by atoms with E-state index in [1.54, 1.807) is 25.3 Å². The summed E-state index contributed by atoms with van der Waals surface area (Å²) in [5, 5.41) is 12.4. The molecule has 2 aliphatic rings. The average Bonchev–Trinajstić information content (AvgIpc) is 3.24. The van der Waals surface area contributed by atoms with Crippen molar-refractivity contribution in [1.29, 1.82) is 0 Å². The Morgan fingerprint density at radius 3 is 2.62 bits per heavy atom. The fourth-order valence-electron chi connectivity index (χ4n) is 3.92. The van der Waals surface area contributed by atoms with E-state index >= 15 is 0 Å². The first kappa shape index (κ1) is 18.3. The summed E-state index contributed by atoms with van der Waals surface area (Å²) in [4.78, 5) is 24.5. The summed E-state index contributed by atoms with van der Waals surface area (Å²) in [6.45, 7) is 2.63. The number of carbonyl (C=O) groups is 2. The average molecular weight is 359 g/mol. The van der Waals surface area contributed by atoms with Gasteiger partial charge in [-0.25, -0.2) is 0 Å². The molecular weight excluding hydrogens is 334 g/mol. The van der Waals surface area contributed by atoms with E-state index in [9.17, 15) is 14.7 Å². The first-order valence-electron chi connectivity index (χ1n) is 9.08. The van der Waals surface area contributed by atoms with Crippen molar-refractivity contribution in [3.63, 3.8) is 0 Å². The first-order chi connectivity index (χ1) is 12.5. The van der Waals surface area contributed by atoms with Crippen LogP contribution in [-0.4, -0.2) is 30.7 Å². The third-order valence-corrected chi connectivity index (χ3v) is 5.25. The molecule has 0 heterocycles. The van der Waals surface area contributed by atoms with Crippen molar-refractivity contribution in [3.05, 3.63) is 30.4 Å². The Kier molecular flexibility index (Phi) is 5.49. The number of aliphatic carboxylic acids is 1. The lowest BCUT2D eigenvalue weighted by molar-refractivity contribution is -0.146. The molecule has 0 saturated heterocycles. The number of methoxy groups -OCH3 is 1. The molecule has 0 unspecified atom stereocenters. The molecule has 2 bridgehead atoms. The zero-order valence-corrected chi connectivity index (χ0v) is 15.1. The van der Waals surface area contributed by atoms with E-state index in [0.29, 0.717) is 23.8 Å². The lowest BCUT2D eigenvalue weighted by Crippen LogP contribution is -2.36. The second-order valence-electron chi connectivity index (χ2n) is 6.89. The number of benzene rings is 1. The van der Waals surface area contributed by atoms with Crippen LogP contribution in [-0.2, 0) is 9.59 Å². The monoisotopic (exact) mass is 359 g/mol. The predicted octanol–water partition coefficient (Wildman–Crippen LogP) is 3.34. The molecule has 26 heavy (non-hydrogen) atoms. The molecule has 0 aliphatic heterocycles. The van der Waals surface area contributed by atoms with Gasteiger partial charge in [0.15, 0.2) is 0 Å². The van der Waals surface area contributed by atoms with Crippen molar-refractivity contribution in [2.45, 2.75) is 26.2 Å². The predicted molar refractivity (Wildman–Crippen MR) is 97.4 cm³/mol. The van der Waals surface area contributed by atoms with Gasteiger partial charge in [0.05, 0.1) is 31.2 Å². The van der Waals surface area contributed by atoms with Crippen LogP contribution in [0, 0.1) is 23.7 Å². The highest BCUT2D eigenvalue weighted by Crippen LogP contribution is 2.48. The molecule has 1 aromatic carbocycles. The van der Waals surface area contributed by atoms with Crippen LogP contribution in [0.1, 0.15) is 26.2 Å². The van der Waals surface area contributed by atoms with E-state index in [1.165, 1.54) is 0 Å².